The monoisotopic (exact) mass is 931 g/mol. The molecule has 1 amide bonds. The summed E-state index contributed by atoms with van der Waals surface area (Å²) in [4.78, 5) is 12.3. The number of hydrogen-bond acceptors (Lipinski definition) is 15. The highest BCUT2D eigenvalue weighted by atomic mass is 79.9. The van der Waals surface area contributed by atoms with Crippen molar-refractivity contribution < 1.29 is 71.1 Å². The van der Waals surface area contributed by atoms with E-state index in [1.807, 2.05) is 24.3 Å². The molecule has 0 aliphatic heterocycles. The van der Waals surface area contributed by atoms with Gasteiger partial charge in [-0.25, -0.2) is 4.79 Å². The van der Waals surface area contributed by atoms with Gasteiger partial charge in [0.1, 0.15) is 6.61 Å². The molecule has 0 atom stereocenters. The molecule has 0 saturated carbocycles. The highest BCUT2D eigenvalue weighted by Gasteiger charge is 2.29. The Bertz CT molecular complexity index is 1270. The molecule has 1 aliphatic rings. The first-order valence-electron chi connectivity index (χ1n) is 21.5. The van der Waals surface area contributed by atoms with Gasteiger partial charge in [0.15, 0.2) is 0 Å². The minimum atomic E-state index is -0.417. The Labute approximate surface area is 370 Å². The lowest BCUT2D eigenvalue weighted by Crippen LogP contribution is -2.27. The van der Waals surface area contributed by atoms with Crippen molar-refractivity contribution in [2.75, 3.05) is 190 Å². The number of alkyl halides is 1. The molecule has 0 fully saturated rings. The molecular formula is C44H70BrNO15. The third kappa shape index (κ3) is 27.5. The summed E-state index contributed by atoms with van der Waals surface area (Å²) >= 11 is 3.30. The lowest BCUT2D eigenvalue weighted by Gasteiger charge is -2.14. The highest BCUT2D eigenvalue weighted by molar-refractivity contribution is 9.09. The average molecular weight is 933 g/mol. The van der Waals surface area contributed by atoms with E-state index in [2.05, 4.69) is 45.5 Å². The van der Waals surface area contributed by atoms with Gasteiger partial charge in [0.2, 0.25) is 0 Å². The number of benzene rings is 2. The molecule has 0 bridgehead atoms. The fourth-order valence-corrected chi connectivity index (χ4v) is 6.04. The topological polar surface area (TPSA) is 158 Å². The summed E-state index contributed by atoms with van der Waals surface area (Å²) in [7, 11) is 0. The summed E-state index contributed by atoms with van der Waals surface area (Å²) in [5.74, 6) is 0.0471. The van der Waals surface area contributed by atoms with E-state index in [-0.39, 0.29) is 5.92 Å². The fraction of sp³-hybridized carbons (Fsp3) is 0.705. The van der Waals surface area contributed by atoms with Gasteiger partial charge in [-0.3, -0.25) is 0 Å². The summed E-state index contributed by atoms with van der Waals surface area (Å²) in [6.07, 6.45) is 0.266. The Morgan fingerprint density at radius 1 is 0.410 bits per heavy atom. The molecule has 16 nitrogen and oxygen atoms in total. The minimum Gasteiger partial charge on any atom is -0.449 e. The highest BCUT2D eigenvalue weighted by Crippen LogP contribution is 2.44. The lowest BCUT2D eigenvalue weighted by atomic mass is 9.98. The van der Waals surface area contributed by atoms with Gasteiger partial charge >= 0.3 is 6.09 Å². The van der Waals surface area contributed by atoms with E-state index in [9.17, 15) is 4.79 Å². The van der Waals surface area contributed by atoms with Crippen molar-refractivity contribution in [2.24, 2.45) is 0 Å². The second-order valence-electron chi connectivity index (χ2n) is 13.3. The van der Waals surface area contributed by atoms with Crippen molar-refractivity contribution in [1.82, 2.24) is 5.32 Å². The quantitative estimate of drug-likeness (QED) is 0.0730. The van der Waals surface area contributed by atoms with Gasteiger partial charge in [0.25, 0.3) is 0 Å². The summed E-state index contributed by atoms with van der Waals surface area (Å²) in [6, 6.07) is 16.6. The van der Waals surface area contributed by atoms with Crippen LogP contribution in [0.15, 0.2) is 48.5 Å². The second kappa shape index (κ2) is 39.3. The molecule has 3 rings (SSSR count). The molecule has 17 heteroatoms. The first-order chi connectivity index (χ1) is 30.3. The molecule has 1 aliphatic carbocycles. The van der Waals surface area contributed by atoms with Gasteiger partial charge in [-0.1, -0.05) is 64.5 Å². The van der Waals surface area contributed by atoms with Gasteiger partial charge in [-0.2, -0.15) is 0 Å². The minimum absolute atomic E-state index is 0.0471. The predicted octanol–water partition coefficient (Wildman–Crippen LogP) is 4.53. The van der Waals surface area contributed by atoms with Gasteiger partial charge in [-0.15, -0.1) is 0 Å². The Hall–Kier alpha value is -2.33. The first-order valence-corrected chi connectivity index (χ1v) is 22.6. The number of hydrogen-bond donors (Lipinski definition) is 1. The van der Waals surface area contributed by atoms with E-state index in [0.717, 1.165) is 5.33 Å². The van der Waals surface area contributed by atoms with Crippen LogP contribution in [0.1, 0.15) is 23.5 Å². The van der Waals surface area contributed by atoms with Crippen LogP contribution in [0.5, 0.6) is 0 Å². The molecule has 0 aromatic heterocycles. The maximum Gasteiger partial charge on any atom is 0.407 e. The van der Waals surface area contributed by atoms with Crippen molar-refractivity contribution in [3.63, 3.8) is 0 Å². The van der Waals surface area contributed by atoms with Crippen LogP contribution in [0.3, 0.4) is 0 Å². The van der Waals surface area contributed by atoms with Crippen molar-refractivity contribution in [2.45, 2.75) is 12.3 Å². The zero-order valence-electron chi connectivity index (χ0n) is 35.9. The van der Waals surface area contributed by atoms with Crippen molar-refractivity contribution in [3.05, 3.63) is 59.7 Å². The van der Waals surface area contributed by atoms with E-state index >= 15 is 0 Å². The van der Waals surface area contributed by atoms with E-state index in [1.54, 1.807) is 0 Å². The number of fused-ring (bicyclic) bond motifs is 3. The SMILES string of the molecule is O=C(NCCCOCCOCCOCCOCCOCCOCCOCCOCCOCCOCCOCCOCCOCCBr)OCC1c2ccccc2-c2ccccc21. The molecule has 61 heavy (non-hydrogen) atoms. The predicted molar refractivity (Wildman–Crippen MR) is 232 cm³/mol. The lowest BCUT2D eigenvalue weighted by molar-refractivity contribution is -0.0289. The second-order valence-corrected chi connectivity index (χ2v) is 14.0. The Balaban J connectivity index is 0.915. The van der Waals surface area contributed by atoms with Crippen LogP contribution < -0.4 is 5.32 Å². The first kappa shape index (κ1) is 53.0. The van der Waals surface area contributed by atoms with Gasteiger partial charge in [0, 0.05) is 24.4 Å². The number of ether oxygens (including phenoxy) is 14. The molecule has 0 radical (unpaired) electrons. The normalized spacial score (nSPS) is 12.2. The average Bonchev–Trinajstić information content (AvgIpc) is 3.60. The Morgan fingerprint density at radius 2 is 0.689 bits per heavy atom. The third-order valence-corrected chi connectivity index (χ3v) is 9.09. The molecule has 0 saturated heterocycles. The van der Waals surface area contributed by atoms with Crippen LogP contribution >= 0.6 is 15.9 Å². The zero-order chi connectivity index (χ0) is 42.9. The number of nitrogens with one attached hydrogen (secondary N) is 1. The number of amides is 1. The van der Waals surface area contributed by atoms with Crippen LogP contribution in [0.4, 0.5) is 4.79 Å². The van der Waals surface area contributed by atoms with Crippen molar-refractivity contribution >= 4 is 22.0 Å². The van der Waals surface area contributed by atoms with Crippen LogP contribution in [0, 0.1) is 0 Å². The third-order valence-electron chi connectivity index (χ3n) is 8.76. The smallest absolute Gasteiger partial charge is 0.407 e. The number of alkyl carbamates (subject to hydrolysis) is 1. The number of carbonyl (C=O) groups excluding carboxylic acids is 1. The van der Waals surface area contributed by atoms with Gasteiger partial charge in [0.05, 0.1) is 165 Å². The molecule has 348 valence electrons. The number of halogens is 1. The van der Waals surface area contributed by atoms with Crippen LogP contribution in [-0.4, -0.2) is 196 Å². The summed E-state index contributed by atoms with van der Waals surface area (Å²) in [5.41, 5.74) is 4.80. The Kier molecular flexibility index (Phi) is 34.1. The molecule has 0 heterocycles. The molecule has 0 unspecified atom stereocenters. The molecule has 2 aromatic carbocycles. The molecule has 1 N–H and O–H groups in total. The maximum absolute atomic E-state index is 12.3. The van der Waals surface area contributed by atoms with E-state index < -0.39 is 6.09 Å². The Morgan fingerprint density at radius 3 is 1.00 bits per heavy atom. The molecule has 0 spiro atoms. The van der Waals surface area contributed by atoms with Crippen LogP contribution in [0.25, 0.3) is 11.1 Å². The van der Waals surface area contributed by atoms with E-state index in [1.165, 1.54) is 22.3 Å². The van der Waals surface area contributed by atoms with E-state index in [0.29, 0.717) is 191 Å². The largest absolute Gasteiger partial charge is 0.449 e. The number of rotatable bonds is 44. The summed E-state index contributed by atoms with van der Waals surface area (Å²) in [5, 5.41) is 3.64. The van der Waals surface area contributed by atoms with E-state index in [4.69, 9.17) is 66.3 Å². The molecule has 2 aromatic rings. The summed E-state index contributed by atoms with van der Waals surface area (Å²) in [6.45, 7) is 14.1. The maximum atomic E-state index is 12.3. The van der Waals surface area contributed by atoms with Gasteiger partial charge < -0.3 is 71.6 Å². The summed E-state index contributed by atoms with van der Waals surface area (Å²) < 4.78 is 76.9. The fourth-order valence-electron chi connectivity index (χ4n) is 5.81. The zero-order valence-corrected chi connectivity index (χ0v) is 37.5. The van der Waals surface area contributed by atoms with Crippen molar-refractivity contribution in [3.8, 4) is 11.1 Å². The molecular weight excluding hydrogens is 862 g/mol. The van der Waals surface area contributed by atoms with Crippen LogP contribution in [-0.2, 0) is 66.3 Å². The standard InChI is InChI=1S/C44H70BrNO15/c45-10-13-49-15-17-51-19-21-53-23-25-55-27-29-57-31-33-59-35-37-60-36-34-58-32-30-56-28-26-54-24-22-52-20-18-50-16-14-48-12-5-11-46-44(47)61-38-43-41-8-3-1-6-39(41)40-7-2-4-9-42(40)43/h1-4,6-9,43H,5,10-38H2,(H,46,47). The van der Waals surface area contributed by atoms with Crippen LogP contribution in [0.2, 0.25) is 0 Å². The van der Waals surface area contributed by atoms with Gasteiger partial charge in [-0.05, 0) is 28.7 Å². The number of carbonyl (C=O) groups is 1. The van der Waals surface area contributed by atoms with Crippen molar-refractivity contribution in [1.29, 1.82) is 0 Å².